The first-order chi connectivity index (χ1) is 12.5. The Labute approximate surface area is 160 Å². The second-order valence-electron chi connectivity index (χ2n) is 6.75. The predicted molar refractivity (Wildman–Crippen MR) is 107 cm³/mol. The van der Waals surface area contributed by atoms with Gasteiger partial charge in [-0.2, -0.15) is 0 Å². The minimum Gasteiger partial charge on any atom is -0.354 e. The number of pyridine rings is 1. The molecule has 1 saturated heterocycles. The van der Waals surface area contributed by atoms with Gasteiger partial charge >= 0.3 is 0 Å². The molecule has 0 radical (unpaired) electrons. The Morgan fingerprint density at radius 2 is 1.96 bits per heavy atom. The number of hydrogen-bond acceptors (Lipinski definition) is 4. The Balaban J connectivity index is 1.46. The van der Waals surface area contributed by atoms with Crippen LogP contribution in [0.5, 0.6) is 0 Å². The molecule has 1 amide bonds. The molecule has 1 aromatic heterocycles. The number of nitrogens with zero attached hydrogens (tertiary/aromatic N) is 3. The number of rotatable bonds is 5. The van der Waals surface area contributed by atoms with Crippen molar-refractivity contribution in [3.8, 4) is 0 Å². The summed E-state index contributed by atoms with van der Waals surface area (Å²) in [6, 6.07) is 9.88. The van der Waals surface area contributed by atoms with Gasteiger partial charge in [-0.1, -0.05) is 23.7 Å². The normalized spacial score (nSPS) is 15.1. The zero-order valence-corrected chi connectivity index (χ0v) is 16.1. The Hall–Kier alpha value is -2.11. The van der Waals surface area contributed by atoms with E-state index < -0.39 is 0 Å². The van der Waals surface area contributed by atoms with Crippen LogP contribution in [0.4, 0.5) is 11.5 Å². The molecule has 0 unspecified atom stereocenters. The summed E-state index contributed by atoms with van der Waals surface area (Å²) in [5.74, 6) is 1.03. The Bertz CT molecular complexity index is 735. The van der Waals surface area contributed by atoms with E-state index in [0.29, 0.717) is 11.4 Å². The van der Waals surface area contributed by atoms with Crippen LogP contribution >= 0.6 is 11.6 Å². The number of nitrogens with one attached hydrogen (secondary N) is 1. The fraction of sp³-hybridized carbons (Fsp3) is 0.400. The van der Waals surface area contributed by atoms with E-state index in [9.17, 15) is 4.79 Å². The third kappa shape index (κ3) is 4.74. The quantitative estimate of drug-likeness (QED) is 0.872. The lowest BCUT2D eigenvalue weighted by molar-refractivity contribution is -0.116. The molecule has 0 bridgehead atoms. The molecule has 1 N–H and O–H groups in total. The van der Waals surface area contributed by atoms with Crippen molar-refractivity contribution in [1.29, 1.82) is 0 Å². The third-order valence-electron chi connectivity index (χ3n) is 4.70. The van der Waals surface area contributed by atoms with Crippen molar-refractivity contribution in [2.45, 2.75) is 20.3 Å². The number of hydrogen-bond donors (Lipinski definition) is 1. The molecule has 26 heavy (non-hydrogen) atoms. The summed E-state index contributed by atoms with van der Waals surface area (Å²) in [6.45, 7) is 8.45. The average Bonchev–Trinajstić information content (AvgIpc) is 2.64. The van der Waals surface area contributed by atoms with Crippen LogP contribution in [0.1, 0.15) is 17.5 Å². The summed E-state index contributed by atoms with van der Waals surface area (Å²) < 4.78 is 0. The lowest BCUT2D eigenvalue weighted by atomic mass is 10.1. The first-order valence-electron chi connectivity index (χ1n) is 8.98. The molecule has 1 fully saturated rings. The molecular weight excluding hydrogens is 348 g/mol. The second kappa shape index (κ2) is 8.52. The van der Waals surface area contributed by atoms with E-state index in [1.807, 2.05) is 50.4 Å². The summed E-state index contributed by atoms with van der Waals surface area (Å²) in [6.07, 6.45) is 2.29. The summed E-state index contributed by atoms with van der Waals surface area (Å²) in [5.41, 5.74) is 2.81. The van der Waals surface area contributed by atoms with E-state index in [-0.39, 0.29) is 5.91 Å². The van der Waals surface area contributed by atoms with Gasteiger partial charge in [-0.25, -0.2) is 4.98 Å². The van der Waals surface area contributed by atoms with Gasteiger partial charge in [-0.3, -0.25) is 9.69 Å². The average molecular weight is 373 g/mol. The van der Waals surface area contributed by atoms with Crippen LogP contribution in [0.3, 0.4) is 0 Å². The highest BCUT2D eigenvalue weighted by Gasteiger charge is 2.18. The fourth-order valence-corrected chi connectivity index (χ4v) is 3.65. The highest BCUT2D eigenvalue weighted by atomic mass is 35.5. The van der Waals surface area contributed by atoms with Crippen LogP contribution < -0.4 is 10.2 Å². The number of amides is 1. The minimum atomic E-state index is 0.00556. The van der Waals surface area contributed by atoms with Crippen molar-refractivity contribution in [1.82, 2.24) is 9.88 Å². The number of benzene rings is 1. The molecule has 2 heterocycles. The van der Waals surface area contributed by atoms with Crippen LogP contribution in [0.15, 0.2) is 36.5 Å². The van der Waals surface area contributed by atoms with Gasteiger partial charge in [0.1, 0.15) is 5.82 Å². The van der Waals surface area contributed by atoms with Gasteiger partial charge in [0.2, 0.25) is 5.91 Å². The predicted octanol–water partition coefficient (Wildman–Crippen LogP) is 3.50. The monoisotopic (exact) mass is 372 g/mol. The van der Waals surface area contributed by atoms with E-state index in [0.717, 1.165) is 55.4 Å². The smallest absolute Gasteiger partial charge is 0.225 e. The SMILES string of the molecule is Cc1cc(C)c(NC(=O)CCN2CCN(c3ccccn3)CC2)c(Cl)c1. The van der Waals surface area contributed by atoms with Crippen LogP contribution in [-0.4, -0.2) is 48.5 Å². The molecule has 2 aromatic rings. The highest BCUT2D eigenvalue weighted by molar-refractivity contribution is 6.34. The number of piperazine rings is 1. The molecule has 0 saturated carbocycles. The zero-order valence-electron chi connectivity index (χ0n) is 15.3. The van der Waals surface area contributed by atoms with Crippen molar-refractivity contribution >= 4 is 29.0 Å². The van der Waals surface area contributed by atoms with Crippen molar-refractivity contribution in [3.05, 3.63) is 52.7 Å². The van der Waals surface area contributed by atoms with Gasteiger partial charge in [-0.05, 0) is 43.2 Å². The molecule has 0 spiro atoms. The van der Waals surface area contributed by atoms with Crippen molar-refractivity contribution in [3.63, 3.8) is 0 Å². The second-order valence-corrected chi connectivity index (χ2v) is 7.16. The van der Waals surface area contributed by atoms with Gasteiger partial charge in [0.25, 0.3) is 0 Å². The molecule has 0 atom stereocenters. The van der Waals surface area contributed by atoms with Gasteiger partial charge < -0.3 is 10.2 Å². The Morgan fingerprint density at radius 3 is 2.62 bits per heavy atom. The summed E-state index contributed by atoms with van der Waals surface area (Å²) in [7, 11) is 0. The van der Waals surface area contributed by atoms with Crippen molar-refractivity contribution in [2.75, 3.05) is 42.9 Å². The molecular formula is C20H25ClN4O. The number of anilines is 2. The molecule has 0 aliphatic carbocycles. The molecule has 1 aromatic carbocycles. The topological polar surface area (TPSA) is 48.5 Å². The van der Waals surface area contributed by atoms with Crippen LogP contribution in [0, 0.1) is 13.8 Å². The molecule has 5 nitrogen and oxygen atoms in total. The number of carbonyl (C=O) groups excluding carboxylic acids is 1. The van der Waals surface area contributed by atoms with E-state index in [1.54, 1.807) is 0 Å². The fourth-order valence-electron chi connectivity index (χ4n) is 3.28. The van der Waals surface area contributed by atoms with E-state index in [2.05, 4.69) is 20.1 Å². The van der Waals surface area contributed by atoms with E-state index >= 15 is 0 Å². The molecule has 1 aliphatic rings. The van der Waals surface area contributed by atoms with Crippen LogP contribution in [0.2, 0.25) is 5.02 Å². The first kappa shape index (κ1) is 18.7. The summed E-state index contributed by atoms with van der Waals surface area (Å²) >= 11 is 6.27. The summed E-state index contributed by atoms with van der Waals surface area (Å²) in [4.78, 5) is 21.3. The number of carbonyl (C=O) groups is 1. The molecule has 138 valence electrons. The molecule has 1 aliphatic heterocycles. The highest BCUT2D eigenvalue weighted by Crippen LogP contribution is 2.27. The maximum Gasteiger partial charge on any atom is 0.225 e. The van der Waals surface area contributed by atoms with E-state index in [4.69, 9.17) is 11.6 Å². The standard InChI is InChI=1S/C20H25ClN4O/c1-15-13-16(2)20(17(21)14-15)23-19(26)6-8-24-9-11-25(12-10-24)18-5-3-4-7-22-18/h3-5,7,13-14H,6,8-12H2,1-2H3,(H,23,26). The van der Waals surface area contributed by atoms with Gasteiger partial charge in [0.15, 0.2) is 0 Å². The maximum atomic E-state index is 12.3. The van der Waals surface area contributed by atoms with Gasteiger partial charge in [0.05, 0.1) is 10.7 Å². The lowest BCUT2D eigenvalue weighted by Crippen LogP contribution is -2.47. The van der Waals surface area contributed by atoms with Crippen LogP contribution in [0.25, 0.3) is 0 Å². The Kier molecular flexibility index (Phi) is 6.12. The minimum absolute atomic E-state index is 0.00556. The Morgan fingerprint density at radius 1 is 1.19 bits per heavy atom. The molecule has 6 heteroatoms. The zero-order chi connectivity index (χ0) is 18.5. The first-order valence-corrected chi connectivity index (χ1v) is 9.35. The van der Waals surface area contributed by atoms with Crippen molar-refractivity contribution < 1.29 is 4.79 Å². The number of aryl methyl sites for hydroxylation is 2. The summed E-state index contributed by atoms with van der Waals surface area (Å²) in [5, 5.41) is 3.56. The van der Waals surface area contributed by atoms with Gasteiger partial charge in [-0.15, -0.1) is 0 Å². The van der Waals surface area contributed by atoms with Crippen molar-refractivity contribution in [2.24, 2.45) is 0 Å². The lowest BCUT2D eigenvalue weighted by Gasteiger charge is -2.35. The largest absolute Gasteiger partial charge is 0.354 e. The van der Waals surface area contributed by atoms with E-state index in [1.165, 1.54) is 0 Å². The number of halogens is 1. The number of aromatic nitrogens is 1. The van der Waals surface area contributed by atoms with Gasteiger partial charge in [0, 0.05) is 45.3 Å². The third-order valence-corrected chi connectivity index (χ3v) is 4.99. The maximum absolute atomic E-state index is 12.3. The molecule has 3 rings (SSSR count). The van der Waals surface area contributed by atoms with Crippen LogP contribution in [-0.2, 0) is 4.79 Å².